The summed E-state index contributed by atoms with van der Waals surface area (Å²) in [5.74, 6) is 0.653. The standard InChI is InChI=1S/C19H24N4O4/c1-26-13-12-23-18(24)7-6-17(20-23)19(25)22-10-8-21(9-11-22)15-4-3-5-16(14-15)27-2/h3-7,14H,8-13H2,1-2H3. The molecule has 1 amide bonds. The number of anilines is 1. The Morgan fingerprint density at radius 3 is 2.59 bits per heavy atom. The average Bonchev–Trinajstić information content (AvgIpc) is 2.73. The smallest absolute Gasteiger partial charge is 0.274 e. The fraction of sp³-hybridized carbons (Fsp3) is 0.421. The maximum absolute atomic E-state index is 12.8. The number of nitrogens with zero attached hydrogens (tertiary/aromatic N) is 4. The molecule has 8 heteroatoms. The van der Waals surface area contributed by atoms with Crippen molar-refractivity contribution in [2.45, 2.75) is 6.54 Å². The van der Waals surface area contributed by atoms with Gasteiger partial charge in [-0.2, -0.15) is 5.10 Å². The Morgan fingerprint density at radius 2 is 1.89 bits per heavy atom. The van der Waals surface area contributed by atoms with Gasteiger partial charge in [0.25, 0.3) is 11.5 Å². The van der Waals surface area contributed by atoms with E-state index in [4.69, 9.17) is 9.47 Å². The molecule has 0 radical (unpaired) electrons. The van der Waals surface area contributed by atoms with E-state index < -0.39 is 0 Å². The number of benzene rings is 1. The summed E-state index contributed by atoms with van der Waals surface area (Å²) in [6, 6.07) is 10.8. The number of amides is 1. The van der Waals surface area contributed by atoms with E-state index in [1.807, 2.05) is 24.3 Å². The van der Waals surface area contributed by atoms with Crippen LogP contribution < -0.4 is 15.2 Å². The molecule has 1 aliphatic heterocycles. The Hall–Kier alpha value is -2.87. The second-order valence-corrected chi connectivity index (χ2v) is 6.25. The number of carbonyl (C=O) groups is 1. The van der Waals surface area contributed by atoms with Crippen LogP contribution in [0.4, 0.5) is 5.69 Å². The highest BCUT2D eigenvalue weighted by Gasteiger charge is 2.24. The molecule has 0 N–H and O–H groups in total. The van der Waals surface area contributed by atoms with Gasteiger partial charge in [0.1, 0.15) is 11.4 Å². The zero-order valence-electron chi connectivity index (χ0n) is 15.6. The zero-order valence-corrected chi connectivity index (χ0v) is 15.6. The molecule has 0 bridgehead atoms. The van der Waals surface area contributed by atoms with Crippen LogP contribution in [0.15, 0.2) is 41.2 Å². The predicted molar refractivity (Wildman–Crippen MR) is 101 cm³/mol. The maximum atomic E-state index is 12.8. The van der Waals surface area contributed by atoms with Crippen LogP contribution in [0.5, 0.6) is 5.75 Å². The van der Waals surface area contributed by atoms with Crippen molar-refractivity contribution in [1.82, 2.24) is 14.7 Å². The molecule has 2 heterocycles. The molecule has 1 saturated heterocycles. The number of aromatic nitrogens is 2. The highest BCUT2D eigenvalue weighted by Crippen LogP contribution is 2.22. The second-order valence-electron chi connectivity index (χ2n) is 6.25. The van der Waals surface area contributed by atoms with E-state index in [1.54, 1.807) is 19.1 Å². The van der Waals surface area contributed by atoms with Crippen molar-refractivity contribution in [3.8, 4) is 5.75 Å². The van der Waals surface area contributed by atoms with Crippen LogP contribution in [0, 0.1) is 0 Å². The molecule has 1 aliphatic rings. The van der Waals surface area contributed by atoms with Gasteiger partial charge in [-0.1, -0.05) is 6.07 Å². The summed E-state index contributed by atoms with van der Waals surface area (Å²) in [4.78, 5) is 28.6. The molecule has 0 saturated carbocycles. The Bertz CT molecular complexity index is 844. The molecule has 1 aromatic carbocycles. The molecule has 0 aliphatic carbocycles. The van der Waals surface area contributed by atoms with Crippen LogP contribution in [0.3, 0.4) is 0 Å². The summed E-state index contributed by atoms with van der Waals surface area (Å²) in [7, 11) is 3.21. The van der Waals surface area contributed by atoms with Crippen LogP contribution in [-0.4, -0.2) is 67.6 Å². The Morgan fingerprint density at radius 1 is 1.11 bits per heavy atom. The summed E-state index contributed by atoms with van der Waals surface area (Å²) < 4.78 is 11.5. The minimum atomic E-state index is -0.244. The van der Waals surface area contributed by atoms with Crippen molar-refractivity contribution in [1.29, 1.82) is 0 Å². The van der Waals surface area contributed by atoms with E-state index in [2.05, 4.69) is 10.00 Å². The quantitative estimate of drug-likeness (QED) is 0.749. The third kappa shape index (κ3) is 4.46. The highest BCUT2D eigenvalue weighted by atomic mass is 16.5. The minimum absolute atomic E-state index is 0.161. The third-order valence-electron chi connectivity index (χ3n) is 4.58. The van der Waals surface area contributed by atoms with Gasteiger partial charge >= 0.3 is 0 Å². The molecule has 8 nitrogen and oxygen atoms in total. The third-order valence-corrected chi connectivity index (χ3v) is 4.58. The van der Waals surface area contributed by atoms with Gasteiger partial charge in [0.2, 0.25) is 0 Å². The largest absolute Gasteiger partial charge is 0.497 e. The van der Waals surface area contributed by atoms with Crippen molar-refractivity contribution in [3.63, 3.8) is 0 Å². The van der Waals surface area contributed by atoms with E-state index in [1.165, 1.54) is 16.8 Å². The lowest BCUT2D eigenvalue weighted by Crippen LogP contribution is -2.49. The summed E-state index contributed by atoms with van der Waals surface area (Å²) >= 11 is 0. The van der Waals surface area contributed by atoms with Crippen LogP contribution in [0.1, 0.15) is 10.5 Å². The van der Waals surface area contributed by atoms with Crippen molar-refractivity contribution >= 4 is 11.6 Å². The fourth-order valence-electron chi connectivity index (χ4n) is 3.04. The van der Waals surface area contributed by atoms with Gasteiger partial charge in [0.05, 0.1) is 20.3 Å². The average molecular weight is 372 g/mol. The summed E-state index contributed by atoms with van der Waals surface area (Å²) in [5, 5.41) is 4.19. The topological polar surface area (TPSA) is 76.9 Å². The van der Waals surface area contributed by atoms with Gasteiger partial charge in [0, 0.05) is 51.1 Å². The molecule has 1 fully saturated rings. The lowest BCUT2D eigenvalue weighted by molar-refractivity contribution is 0.0737. The first-order valence-electron chi connectivity index (χ1n) is 8.88. The first-order valence-corrected chi connectivity index (χ1v) is 8.88. The molecular weight excluding hydrogens is 348 g/mol. The number of piperazine rings is 1. The fourth-order valence-corrected chi connectivity index (χ4v) is 3.04. The van der Waals surface area contributed by atoms with E-state index in [-0.39, 0.29) is 17.2 Å². The lowest BCUT2D eigenvalue weighted by atomic mass is 10.2. The zero-order chi connectivity index (χ0) is 19.2. The van der Waals surface area contributed by atoms with E-state index in [0.29, 0.717) is 26.2 Å². The minimum Gasteiger partial charge on any atom is -0.497 e. The normalized spacial score (nSPS) is 14.3. The Kier molecular flexibility index (Phi) is 6.08. The van der Waals surface area contributed by atoms with Gasteiger partial charge in [0.15, 0.2) is 0 Å². The van der Waals surface area contributed by atoms with Gasteiger partial charge in [-0.3, -0.25) is 9.59 Å². The van der Waals surface area contributed by atoms with E-state index >= 15 is 0 Å². The van der Waals surface area contributed by atoms with Crippen molar-refractivity contribution in [3.05, 3.63) is 52.4 Å². The summed E-state index contributed by atoms with van der Waals surface area (Å²) in [5.41, 5.74) is 1.11. The molecule has 0 unspecified atom stereocenters. The van der Waals surface area contributed by atoms with Gasteiger partial charge < -0.3 is 19.3 Å². The van der Waals surface area contributed by atoms with Crippen LogP contribution in [-0.2, 0) is 11.3 Å². The van der Waals surface area contributed by atoms with Crippen LogP contribution >= 0.6 is 0 Å². The monoisotopic (exact) mass is 372 g/mol. The SMILES string of the molecule is COCCn1nc(C(=O)N2CCN(c3cccc(OC)c3)CC2)ccc1=O. The molecule has 3 rings (SSSR count). The van der Waals surface area contributed by atoms with Gasteiger partial charge in [-0.15, -0.1) is 0 Å². The van der Waals surface area contributed by atoms with E-state index in [0.717, 1.165) is 24.5 Å². The number of methoxy groups -OCH3 is 2. The molecule has 144 valence electrons. The molecular formula is C19H24N4O4. The molecule has 2 aromatic rings. The first-order chi connectivity index (χ1) is 13.1. The Labute approximate surface area is 157 Å². The van der Waals surface area contributed by atoms with Crippen molar-refractivity contribution < 1.29 is 14.3 Å². The molecule has 0 atom stereocenters. The lowest BCUT2D eigenvalue weighted by Gasteiger charge is -2.36. The van der Waals surface area contributed by atoms with Crippen LogP contribution in [0.2, 0.25) is 0 Å². The van der Waals surface area contributed by atoms with E-state index in [9.17, 15) is 9.59 Å². The second kappa shape index (κ2) is 8.68. The first kappa shape index (κ1) is 18.9. The summed E-state index contributed by atoms with van der Waals surface area (Å²) in [6.45, 7) is 3.32. The van der Waals surface area contributed by atoms with Crippen molar-refractivity contribution in [2.75, 3.05) is 51.9 Å². The number of ether oxygens (including phenoxy) is 2. The number of rotatable bonds is 6. The van der Waals surface area contributed by atoms with Crippen molar-refractivity contribution in [2.24, 2.45) is 0 Å². The van der Waals surface area contributed by atoms with Crippen LogP contribution in [0.25, 0.3) is 0 Å². The number of hydrogen-bond donors (Lipinski definition) is 0. The predicted octanol–water partition coefficient (Wildman–Crippen LogP) is 0.861. The number of carbonyl (C=O) groups excluding carboxylic acids is 1. The molecule has 1 aromatic heterocycles. The Balaban J connectivity index is 1.65. The van der Waals surface area contributed by atoms with Gasteiger partial charge in [-0.05, 0) is 18.2 Å². The molecule has 0 spiro atoms. The van der Waals surface area contributed by atoms with Gasteiger partial charge in [-0.25, -0.2) is 4.68 Å². The molecule has 27 heavy (non-hydrogen) atoms. The maximum Gasteiger partial charge on any atom is 0.274 e. The highest BCUT2D eigenvalue weighted by molar-refractivity contribution is 5.92. The summed E-state index contributed by atoms with van der Waals surface area (Å²) in [6.07, 6.45) is 0. The number of hydrogen-bond acceptors (Lipinski definition) is 6.